The van der Waals surface area contributed by atoms with E-state index in [0.717, 1.165) is 87.6 Å². The van der Waals surface area contributed by atoms with E-state index in [1.165, 1.54) is 110 Å². The number of carbonyl (C=O) groups excluding carboxylic acids is 2. The standard InChI is InChI=1S/C13H27N3O3.C11H21N3O.C10H14O.C9H13N.C8H8O2.C7H14.C7H8.C6H13N/c1-12-3-2-6-16(11-12)13(17)15-5-8-19-10-9-18-7-4-14;1-9-3-2-6-14(8-9)11(15)13-10-4-5-12-7-10;1-7-5-8(2)9(3)10(6-7)11-4;1-8-5-4-6-9(7-8)10(2)3;1-6-2-3-7-8(4-6)10-5-9-7;2*1-7-5-3-2-4-6-7;1-6-3-2-4-7-5-6/h12H,2-11,14H2,1H3,(H,15,17);9-10,12H,2-8H2,1H3,(H,13,15);5-6H,1-4H3;4-7H,1-3H3;2-4H,5H2,1H3;7H,2-6H2,1H3;2-6H,1H3;6-7H,2-5H2,1H3/t;9?,10-;;;;;;/m.1....../s1. The fourth-order valence-electron chi connectivity index (χ4n) is 10.5. The summed E-state index contributed by atoms with van der Waals surface area (Å²) in [6.07, 6.45) is 16.0. The number of fused-ring (bicyclic) bond motifs is 1. The molecule has 4 atom stereocenters. The third kappa shape index (κ3) is 33.5. The number of methoxy groups -OCH3 is 1. The zero-order chi connectivity index (χ0) is 62.9. The van der Waals surface area contributed by atoms with E-state index >= 15 is 0 Å². The third-order valence-electron chi connectivity index (χ3n) is 15.8. The Hall–Kier alpha value is -5.58. The van der Waals surface area contributed by atoms with Gasteiger partial charge < -0.3 is 65.4 Å². The first kappa shape index (κ1) is 74.7. The molecule has 86 heavy (non-hydrogen) atoms. The summed E-state index contributed by atoms with van der Waals surface area (Å²) >= 11 is 0. The maximum atomic E-state index is 11.9. The molecule has 5 fully saturated rings. The lowest BCUT2D eigenvalue weighted by Crippen LogP contribution is -2.48. The van der Waals surface area contributed by atoms with E-state index in [-0.39, 0.29) is 12.1 Å². The van der Waals surface area contributed by atoms with Gasteiger partial charge >= 0.3 is 12.1 Å². The van der Waals surface area contributed by atoms with Gasteiger partial charge in [0.2, 0.25) is 6.79 Å². The van der Waals surface area contributed by atoms with Crippen LogP contribution >= 0.6 is 0 Å². The number of urea groups is 2. The molecule has 4 aromatic carbocycles. The van der Waals surface area contributed by atoms with E-state index in [0.29, 0.717) is 64.2 Å². The zero-order valence-corrected chi connectivity index (χ0v) is 55.8. The molecule has 1 aliphatic carbocycles. The van der Waals surface area contributed by atoms with Crippen molar-refractivity contribution in [2.45, 2.75) is 152 Å². The Balaban J connectivity index is 0.000000264. The molecule has 15 nitrogen and oxygen atoms in total. The highest BCUT2D eigenvalue weighted by atomic mass is 16.7. The molecule has 15 heteroatoms. The highest BCUT2D eigenvalue weighted by Gasteiger charge is 2.24. The molecule has 5 aliphatic heterocycles. The van der Waals surface area contributed by atoms with E-state index in [1.807, 2.05) is 53.1 Å². The number of anilines is 1. The molecule has 0 spiro atoms. The van der Waals surface area contributed by atoms with Gasteiger partial charge in [-0.3, -0.25) is 0 Å². The summed E-state index contributed by atoms with van der Waals surface area (Å²) in [5.74, 6) is 5.93. The number of piperidine rings is 3. The van der Waals surface area contributed by atoms with E-state index < -0.39 is 0 Å². The SMILES string of the molecule is CC1CCCCC1.CC1CCCN(C(=O)NCCOCCOCCN)C1.CC1CCCN(C(=O)N[C@@H]2CCNC2)C1.CC1CCCNC1.COc1cc(C)cc(C)c1C.Cc1ccc2c(c1)OCO2.Cc1cccc(N(C)C)c1.Cc1ccccc1. The number of aryl methyl sites for hydroxylation is 5. The Morgan fingerprint density at radius 3 is 1.71 bits per heavy atom. The quantitative estimate of drug-likeness (QED) is 0.0908. The first-order valence-corrected chi connectivity index (χ1v) is 32.5. The van der Waals surface area contributed by atoms with Gasteiger partial charge in [0.25, 0.3) is 0 Å². The number of ether oxygens (including phenoxy) is 5. The van der Waals surface area contributed by atoms with Crippen molar-refractivity contribution in [3.05, 3.63) is 118 Å². The van der Waals surface area contributed by atoms with Crippen LogP contribution in [0.2, 0.25) is 0 Å². The normalized spacial score (nSPS) is 19.2. The molecule has 484 valence electrons. The molecule has 3 unspecified atom stereocenters. The van der Waals surface area contributed by atoms with Crippen molar-refractivity contribution in [1.29, 1.82) is 0 Å². The van der Waals surface area contributed by atoms with Crippen LogP contribution in [0, 0.1) is 65.2 Å². The monoisotopic (exact) mass is 1190 g/mol. The van der Waals surface area contributed by atoms with E-state index in [9.17, 15) is 9.59 Å². The largest absolute Gasteiger partial charge is 0.496 e. The van der Waals surface area contributed by atoms with Crippen molar-refractivity contribution >= 4 is 17.7 Å². The lowest BCUT2D eigenvalue weighted by Gasteiger charge is -2.31. The summed E-state index contributed by atoms with van der Waals surface area (Å²) in [7, 11) is 5.81. The summed E-state index contributed by atoms with van der Waals surface area (Å²) in [6.45, 7) is 33.1. The van der Waals surface area contributed by atoms with Gasteiger partial charge in [0.15, 0.2) is 11.5 Å². The number of amides is 4. The van der Waals surface area contributed by atoms with Crippen molar-refractivity contribution in [2.75, 3.05) is 125 Å². The molecule has 4 aromatic rings. The van der Waals surface area contributed by atoms with Gasteiger partial charge in [0, 0.05) is 71.6 Å². The number of hydrogen-bond donors (Lipinski definition) is 5. The first-order valence-electron chi connectivity index (χ1n) is 32.5. The number of rotatable bonds is 11. The zero-order valence-electron chi connectivity index (χ0n) is 55.8. The molecule has 5 heterocycles. The van der Waals surface area contributed by atoms with Crippen LogP contribution in [0.1, 0.15) is 138 Å². The maximum Gasteiger partial charge on any atom is 0.317 e. The van der Waals surface area contributed by atoms with Crippen LogP contribution in [0.3, 0.4) is 0 Å². The molecule has 6 N–H and O–H groups in total. The predicted molar refractivity (Wildman–Crippen MR) is 359 cm³/mol. The van der Waals surface area contributed by atoms with Crippen LogP contribution in [-0.4, -0.2) is 148 Å². The van der Waals surface area contributed by atoms with Crippen LogP contribution in [0.15, 0.2) is 84.9 Å². The van der Waals surface area contributed by atoms with Crippen LogP contribution in [0.25, 0.3) is 0 Å². The van der Waals surface area contributed by atoms with E-state index in [1.54, 1.807) is 7.11 Å². The number of nitrogens with one attached hydrogen (secondary N) is 4. The Bertz CT molecular complexity index is 2380. The lowest BCUT2D eigenvalue weighted by molar-refractivity contribution is 0.0519. The fourth-order valence-corrected chi connectivity index (χ4v) is 10.5. The fraction of sp³-hybridized carbons (Fsp3) is 0.634. The second kappa shape index (κ2) is 44.8. The minimum atomic E-state index is 0.0227. The lowest BCUT2D eigenvalue weighted by atomic mass is 9.91. The van der Waals surface area contributed by atoms with Gasteiger partial charge in [-0.1, -0.05) is 120 Å². The minimum absolute atomic E-state index is 0.0227. The van der Waals surface area contributed by atoms with Crippen molar-refractivity contribution in [1.82, 2.24) is 31.1 Å². The van der Waals surface area contributed by atoms with Gasteiger partial charge in [-0.25, -0.2) is 9.59 Å². The van der Waals surface area contributed by atoms with E-state index in [2.05, 4.69) is 151 Å². The summed E-state index contributed by atoms with van der Waals surface area (Å²) < 4.78 is 26.0. The molecule has 0 bridgehead atoms. The molecule has 4 amide bonds. The maximum absolute atomic E-state index is 11.9. The molecule has 0 aromatic heterocycles. The van der Waals surface area contributed by atoms with Gasteiger partial charge in [-0.2, -0.15) is 0 Å². The molecule has 6 aliphatic rings. The van der Waals surface area contributed by atoms with Gasteiger partial charge in [-0.15, -0.1) is 0 Å². The molecular formula is C71H118N8O7. The Labute approximate surface area is 521 Å². The Morgan fingerprint density at radius 2 is 1.20 bits per heavy atom. The van der Waals surface area contributed by atoms with Crippen molar-refractivity contribution in [3.63, 3.8) is 0 Å². The minimum Gasteiger partial charge on any atom is -0.496 e. The second-order valence-corrected chi connectivity index (χ2v) is 24.6. The Morgan fingerprint density at radius 1 is 0.593 bits per heavy atom. The first-order chi connectivity index (χ1) is 41.4. The van der Waals surface area contributed by atoms with E-state index in [4.69, 9.17) is 29.4 Å². The predicted octanol–water partition coefficient (Wildman–Crippen LogP) is 13.2. The molecular weight excluding hydrogens is 1080 g/mol. The molecule has 10 rings (SSSR count). The summed E-state index contributed by atoms with van der Waals surface area (Å²) in [5, 5.41) is 12.6. The smallest absolute Gasteiger partial charge is 0.317 e. The van der Waals surface area contributed by atoms with Crippen molar-refractivity contribution < 1.29 is 33.3 Å². The molecule has 1 saturated carbocycles. The second-order valence-electron chi connectivity index (χ2n) is 24.6. The highest BCUT2D eigenvalue weighted by Crippen LogP contribution is 2.32. The number of carbonyl (C=O) groups is 2. The Kier molecular flexibility index (Phi) is 38.9. The number of nitrogens with two attached hydrogens (primary N) is 1. The van der Waals surface area contributed by atoms with Crippen LogP contribution in [-0.2, 0) is 9.47 Å². The molecule has 4 saturated heterocycles. The van der Waals surface area contributed by atoms with Crippen LogP contribution in [0.4, 0.5) is 15.3 Å². The summed E-state index contributed by atoms with van der Waals surface area (Å²) in [6, 6.07) is 29.3. The number of nitrogens with zero attached hydrogens (tertiary/aromatic N) is 3. The van der Waals surface area contributed by atoms with Crippen LogP contribution < -0.4 is 46.1 Å². The van der Waals surface area contributed by atoms with Gasteiger partial charge in [0.05, 0.1) is 33.5 Å². The van der Waals surface area contributed by atoms with Crippen molar-refractivity contribution in [3.8, 4) is 17.2 Å². The average Bonchev–Trinajstić information content (AvgIpc) is 4.38. The number of benzene rings is 4. The van der Waals surface area contributed by atoms with Gasteiger partial charge in [0.1, 0.15) is 5.75 Å². The number of hydrogen-bond acceptors (Lipinski definition) is 11. The van der Waals surface area contributed by atoms with Gasteiger partial charge in [-0.05, 0) is 188 Å². The number of likely N-dealkylation sites (tertiary alicyclic amines) is 2. The van der Waals surface area contributed by atoms with Crippen LogP contribution in [0.5, 0.6) is 17.2 Å². The summed E-state index contributed by atoms with van der Waals surface area (Å²) in [5.41, 5.74) is 14.2. The topological polar surface area (TPSA) is 164 Å². The average molecular weight is 1200 g/mol. The van der Waals surface area contributed by atoms with Crippen molar-refractivity contribution in [2.24, 2.45) is 29.4 Å². The summed E-state index contributed by atoms with van der Waals surface area (Å²) in [4.78, 5) is 29.7. The highest BCUT2D eigenvalue weighted by molar-refractivity contribution is 5.75. The third-order valence-corrected chi connectivity index (χ3v) is 15.8. The molecule has 0 radical (unpaired) electrons.